The summed E-state index contributed by atoms with van der Waals surface area (Å²) in [5.41, 5.74) is 0.907. The number of methoxy groups -OCH3 is 1. The number of aromatic nitrogens is 2. The summed E-state index contributed by atoms with van der Waals surface area (Å²) in [6.45, 7) is 4.77. The third-order valence-corrected chi connectivity index (χ3v) is 3.37. The number of piperazine rings is 1. The normalized spacial score (nSPS) is 16.2. The smallest absolute Gasteiger partial charge is 0.247 e. The Morgan fingerprint density at radius 3 is 2.65 bits per heavy atom. The van der Waals surface area contributed by atoms with E-state index in [1.807, 2.05) is 24.3 Å². The molecule has 0 amide bonds. The summed E-state index contributed by atoms with van der Waals surface area (Å²) >= 11 is 0. The maximum atomic E-state index is 5.72. The van der Waals surface area contributed by atoms with Crippen LogP contribution < -0.4 is 10.1 Å². The third kappa shape index (κ3) is 2.97. The number of nitrogens with zero attached hydrogens (tertiary/aromatic N) is 3. The zero-order valence-corrected chi connectivity index (χ0v) is 11.5. The van der Waals surface area contributed by atoms with Gasteiger partial charge < -0.3 is 14.5 Å². The number of nitrogens with one attached hydrogen (secondary N) is 1. The molecule has 1 aromatic heterocycles. The Bertz CT molecular complexity index is 547. The zero-order chi connectivity index (χ0) is 13.8. The Morgan fingerprint density at radius 2 is 1.95 bits per heavy atom. The fraction of sp³-hybridized carbons (Fsp3) is 0.429. The van der Waals surface area contributed by atoms with E-state index in [4.69, 9.17) is 9.15 Å². The van der Waals surface area contributed by atoms with Gasteiger partial charge in [0, 0.05) is 31.7 Å². The fourth-order valence-corrected chi connectivity index (χ4v) is 2.23. The molecule has 2 heterocycles. The van der Waals surface area contributed by atoms with E-state index >= 15 is 0 Å². The van der Waals surface area contributed by atoms with Crippen LogP contribution >= 0.6 is 0 Å². The van der Waals surface area contributed by atoms with Gasteiger partial charge in [-0.1, -0.05) is 0 Å². The standard InChI is InChI=1S/C14H18N4O2/c1-19-12-4-2-11(3-5-12)14-17-16-13(20-14)10-18-8-6-15-7-9-18/h2-5,15H,6-10H2,1H3. The molecule has 0 spiro atoms. The summed E-state index contributed by atoms with van der Waals surface area (Å²) in [6, 6.07) is 7.60. The van der Waals surface area contributed by atoms with Crippen LogP contribution in [0.2, 0.25) is 0 Å². The van der Waals surface area contributed by atoms with E-state index in [-0.39, 0.29) is 0 Å². The predicted molar refractivity (Wildman–Crippen MR) is 74.4 cm³/mol. The van der Waals surface area contributed by atoms with Gasteiger partial charge in [0.2, 0.25) is 11.8 Å². The van der Waals surface area contributed by atoms with E-state index in [1.54, 1.807) is 7.11 Å². The van der Waals surface area contributed by atoms with Crippen LogP contribution in [-0.2, 0) is 6.54 Å². The molecule has 0 saturated carbocycles. The lowest BCUT2D eigenvalue weighted by molar-refractivity contribution is 0.213. The quantitative estimate of drug-likeness (QED) is 0.902. The molecule has 1 N–H and O–H groups in total. The molecule has 20 heavy (non-hydrogen) atoms. The molecule has 1 saturated heterocycles. The van der Waals surface area contributed by atoms with Gasteiger partial charge in [-0.2, -0.15) is 0 Å². The van der Waals surface area contributed by atoms with Crippen LogP contribution in [0.25, 0.3) is 11.5 Å². The summed E-state index contributed by atoms with van der Waals surface area (Å²) in [5, 5.41) is 11.5. The van der Waals surface area contributed by atoms with E-state index in [0.29, 0.717) is 18.3 Å². The molecule has 0 unspecified atom stereocenters. The van der Waals surface area contributed by atoms with Crippen molar-refractivity contribution in [3.05, 3.63) is 30.2 Å². The largest absolute Gasteiger partial charge is 0.497 e. The summed E-state index contributed by atoms with van der Waals surface area (Å²) in [7, 11) is 1.65. The SMILES string of the molecule is COc1ccc(-c2nnc(CN3CCNCC3)o2)cc1. The van der Waals surface area contributed by atoms with Gasteiger partial charge in [0.25, 0.3) is 0 Å². The minimum atomic E-state index is 0.554. The van der Waals surface area contributed by atoms with Crippen LogP contribution in [0.1, 0.15) is 5.89 Å². The average Bonchev–Trinajstić information content (AvgIpc) is 2.97. The Morgan fingerprint density at radius 1 is 1.20 bits per heavy atom. The molecule has 0 atom stereocenters. The number of benzene rings is 1. The lowest BCUT2D eigenvalue weighted by atomic mass is 10.2. The molecule has 1 aliphatic rings. The molecule has 0 bridgehead atoms. The van der Waals surface area contributed by atoms with Crippen LogP contribution in [0.15, 0.2) is 28.7 Å². The van der Waals surface area contributed by atoms with Crippen molar-refractivity contribution >= 4 is 0 Å². The minimum absolute atomic E-state index is 0.554. The lowest BCUT2D eigenvalue weighted by Gasteiger charge is -2.25. The molecule has 6 heteroatoms. The van der Waals surface area contributed by atoms with Crippen molar-refractivity contribution in [2.75, 3.05) is 33.3 Å². The first-order valence-corrected chi connectivity index (χ1v) is 6.75. The molecule has 1 fully saturated rings. The fourth-order valence-electron chi connectivity index (χ4n) is 2.23. The van der Waals surface area contributed by atoms with E-state index in [0.717, 1.165) is 37.5 Å². The Labute approximate surface area is 117 Å². The molecule has 2 aromatic rings. The van der Waals surface area contributed by atoms with Crippen LogP contribution in [0.3, 0.4) is 0 Å². The average molecular weight is 274 g/mol. The van der Waals surface area contributed by atoms with Crippen LogP contribution in [-0.4, -0.2) is 48.4 Å². The molecular formula is C14H18N4O2. The van der Waals surface area contributed by atoms with E-state index in [1.165, 1.54) is 0 Å². The molecular weight excluding hydrogens is 256 g/mol. The van der Waals surface area contributed by atoms with Crippen LogP contribution in [0, 0.1) is 0 Å². The maximum Gasteiger partial charge on any atom is 0.247 e. The second-order valence-corrected chi connectivity index (χ2v) is 4.76. The van der Waals surface area contributed by atoms with Crippen molar-refractivity contribution < 1.29 is 9.15 Å². The minimum Gasteiger partial charge on any atom is -0.497 e. The van der Waals surface area contributed by atoms with Crippen molar-refractivity contribution in [3.63, 3.8) is 0 Å². The van der Waals surface area contributed by atoms with E-state index in [2.05, 4.69) is 20.4 Å². The van der Waals surface area contributed by atoms with Crippen LogP contribution in [0.4, 0.5) is 0 Å². The van der Waals surface area contributed by atoms with Gasteiger partial charge in [-0.3, -0.25) is 4.90 Å². The van der Waals surface area contributed by atoms with Crippen molar-refractivity contribution in [3.8, 4) is 17.2 Å². The molecule has 106 valence electrons. The van der Waals surface area contributed by atoms with Gasteiger partial charge in [-0.05, 0) is 24.3 Å². The van der Waals surface area contributed by atoms with E-state index < -0.39 is 0 Å². The Balaban J connectivity index is 1.68. The number of rotatable bonds is 4. The van der Waals surface area contributed by atoms with Crippen molar-refractivity contribution in [2.45, 2.75) is 6.54 Å². The first-order chi connectivity index (χ1) is 9.85. The van der Waals surface area contributed by atoms with Gasteiger partial charge >= 0.3 is 0 Å². The number of hydrogen-bond acceptors (Lipinski definition) is 6. The van der Waals surface area contributed by atoms with Gasteiger partial charge in [0.1, 0.15) is 5.75 Å². The second-order valence-electron chi connectivity index (χ2n) is 4.76. The first kappa shape index (κ1) is 13.1. The van der Waals surface area contributed by atoms with Gasteiger partial charge in [0.15, 0.2) is 0 Å². The zero-order valence-electron chi connectivity index (χ0n) is 11.5. The Kier molecular flexibility index (Phi) is 3.94. The second kappa shape index (κ2) is 6.02. The molecule has 3 rings (SSSR count). The summed E-state index contributed by atoms with van der Waals surface area (Å²) < 4.78 is 10.9. The highest BCUT2D eigenvalue weighted by molar-refractivity contribution is 5.53. The maximum absolute atomic E-state index is 5.72. The first-order valence-electron chi connectivity index (χ1n) is 6.75. The highest BCUT2D eigenvalue weighted by atomic mass is 16.5. The number of ether oxygens (including phenoxy) is 1. The van der Waals surface area contributed by atoms with Crippen molar-refractivity contribution in [1.82, 2.24) is 20.4 Å². The van der Waals surface area contributed by atoms with Gasteiger partial charge in [-0.25, -0.2) is 0 Å². The third-order valence-electron chi connectivity index (χ3n) is 3.37. The molecule has 1 aromatic carbocycles. The summed E-state index contributed by atoms with van der Waals surface area (Å²) in [4.78, 5) is 2.31. The Hall–Kier alpha value is -1.92. The highest BCUT2D eigenvalue weighted by Gasteiger charge is 2.14. The van der Waals surface area contributed by atoms with Crippen molar-refractivity contribution in [1.29, 1.82) is 0 Å². The molecule has 0 aliphatic carbocycles. The molecule has 6 nitrogen and oxygen atoms in total. The summed E-state index contributed by atoms with van der Waals surface area (Å²) in [6.07, 6.45) is 0. The van der Waals surface area contributed by atoms with E-state index in [9.17, 15) is 0 Å². The van der Waals surface area contributed by atoms with Gasteiger partial charge in [-0.15, -0.1) is 10.2 Å². The lowest BCUT2D eigenvalue weighted by Crippen LogP contribution is -2.42. The molecule has 1 aliphatic heterocycles. The summed E-state index contributed by atoms with van der Waals surface area (Å²) in [5.74, 6) is 2.03. The van der Waals surface area contributed by atoms with Gasteiger partial charge in [0.05, 0.1) is 13.7 Å². The topological polar surface area (TPSA) is 63.4 Å². The van der Waals surface area contributed by atoms with Crippen molar-refractivity contribution in [2.24, 2.45) is 0 Å². The van der Waals surface area contributed by atoms with Crippen LogP contribution in [0.5, 0.6) is 5.75 Å². The molecule has 0 radical (unpaired) electrons. The monoisotopic (exact) mass is 274 g/mol. The predicted octanol–water partition coefficient (Wildman–Crippen LogP) is 1.15. The number of hydrogen-bond donors (Lipinski definition) is 1. The highest BCUT2D eigenvalue weighted by Crippen LogP contribution is 2.21.